The molecule has 2 aliphatic rings. The van der Waals surface area contributed by atoms with Crippen molar-refractivity contribution in [1.82, 2.24) is 0 Å². The van der Waals surface area contributed by atoms with Gasteiger partial charge in [-0.05, 0) is 61.7 Å². The maximum absolute atomic E-state index is 2.61. The Bertz CT molecular complexity index is 307. The molecule has 0 aromatic rings. The molecule has 0 aromatic heterocycles. The molecule has 0 bridgehead atoms. The van der Waals surface area contributed by atoms with E-state index in [-0.39, 0.29) is 0 Å². The normalized spacial score (nSPS) is 34.2. The van der Waals surface area contributed by atoms with Crippen molar-refractivity contribution in [2.45, 2.75) is 124 Å². The summed E-state index contributed by atoms with van der Waals surface area (Å²) >= 11 is 0. The molecule has 0 aliphatic heterocycles. The van der Waals surface area contributed by atoms with Crippen LogP contribution in [0.3, 0.4) is 0 Å². The third-order valence-corrected chi connectivity index (χ3v) is 7.15. The number of hydrogen-bond donors (Lipinski definition) is 0. The van der Waals surface area contributed by atoms with Crippen LogP contribution in [0.4, 0.5) is 0 Å². The van der Waals surface area contributed by atoms with E-state index in [1.54, 1.807) is 32.1 Å². The molecule has 0 heteroatoms. The summed E-state index contributed by atoms with van der Waals surface area (Å²) in [7, 11) is 0. The van der Waals surface area contributed by atoms with Crippen LogP contribution < -0.4 is 0 Å². The van der Waals surface area contributed by atoms with Gasteiger partial charge in [-0.25, -0.2) is 0 Å². The Morgan fingerprint density at radius 3 is 2.14 bits per heavy atom. The van der Waals surface area contributed by atoms with Gasteiger partial charge < -0.3 is 0 Å². The first kappa shape index (κ1) is 18.3. The Balaban J connectivity index is 1.66. The van der Waals surface area contributed by atoms with Gasteiger partial charge in [-0.2, -0.15) is 0 Å². The topological polar surface area (TPSA) is 0 Å². The molecule has 0 radical (unpaired) electrons. The van der Waals surface area contributed by atoms with Gasteiger partial charge in [0.15, 0.2) is 0 Å². The zero-order valence-electron chi connectivity index (χ0n) is 15.9. The van der Waals surface area contributed by atoms with Gasteiger partial charge >= 0.3 is 0 Å². The van der Waals surface area contributed by atoms with E-state index in [9.17, 15) is 0 Å². The average molecular weight is 307 g/mol. The second-order valence-electron chi connectivity index (χ2n) is 9.10. The fraction of sp³-hybridized carbons (Fsp3) is 1.00. The molecular formula is C22H42. The van der Waals surface area contributed by atoms with E-state index in [1.165, 1.54) is 70.6 Å². The van der Waals surface area contributed by atoms with Crippen LogP contribution in [-0.4, -0.2) is 0 Å². The monoisotopic (exact) mass is 306 g/mol. The van der Waals surface area contributed by atoms with E-state index in [4.69, 9.17) is 0 Å². The van der Waals surface area contributed by atoms with Crippen molar-refractivity contribution in [2.75, 3.05) is 0 Å². The van der Waals surface area contributed by atoms with Crippen LogP contribution in [0, 0.1) is 16.7 Å². The molecule has 2 aliphatic carbocycles. The molecule has 2 unspecified atom stereocenters. The Labute approximate surface area is 140 Å². The van der Waals surface area contributed by atoms with Crippen LogP contribution >= 0.6 is 0 Å². The van der Waals surface area contributed by atoms with Crippen molar-refractivity contribution in [2.24, 2.45) is 16.7 Å². The van der Waals surface area contributed by atoms with Gasteiger partial charge in [0.05, 0.1) is 0 Å². The molecule has 0 aromatic carbocycles. The van der Waals surface area contributed by atoms with Crippen LogP contribution in [0.2, 0.25) is 0 Å². The second kappa shape index (κ2) is 8.74. The molecule has 22 heavy (non-hydrogen) atoms. The Morgan fingerprint density at radius 1 is 0.773 bits per heavy atom. The predicted octanol–water partition coefficient (Wildman–Crippen LogP) is 7.90. The van der Waals surface area contributed by atoms with Crippen LogP contribution in [0.25, 0.3) is 0 Å². The summed E-state index contributed by atoms with van der Waals surface area (Å²) in [5.74, 6) is 1.10. The SMILES string of the molecule is CCCCCCCCC1CCC12CC[C@](C)(CCCCC)C2. The highest BCUT2D eigenvalue weighted by molar-refractivity contribution is 5.04. The zero-order chi connectivity index (χ0) is 15.9. The standard InChI is InChI=1S/C22H42/c1-4-6-8-9-10-11-13-20-14-16-22(20)18-17-21(3,19-22)15-12-7-5-2/h20H,4-19H2,1-3H3/t20?,21-,22?/m0/s1. The van der Waals surface area contributed by atoms with Gasteiger partial charge in [-0.3, -0.25) is 0 Å². The van der Waals surface area contributed by atoms with Gasteiger partial charge in [0.2, 0.25) is 0 Å². The first-order valence-corrected chi connectivity index (χ1v) is 10.6. The van der Waals surface area contributed by atoms with Crippen LogP contribution in [0.15, 0.2) is 0 Å². The van der Waals surface area contributed by atoms with Gasteiger partial charge in [-0.15, -0.1) is 0 Å². The Hall–Kier alpha value is 0. The minimum absolute atomic E-state index is 0.703. The second-order valence-corrected chi connectivity index (χ2v) is 9.10. The molecule has 2 rings (SSSR count). The number of hydrogen-bond acceptors (Lipinski definition) is 0. The summed E-state index contributed by atoms with van der Waals surface area (Å²) in [6, 6.07) is 0. The molecule has 130 valence electrons. The van der Waals surface area contributed by atoms with Crippen molar-refractivity contribution in [1.29, 1.82) is 0 Å². The van der Waals surface area contributed by atoms with E-state index in [0.717, 1.165) is 11.3 Å². The lowest BCUT2D eigenvalue weighted by Gasteiger charge is -2.49. The van der Waals surface area contributed by atoms with Gasteiger partial charge in [0.25, 0.3) is 0 Å². The lowest BCUT2D eigenvalue weighted by atomic mass is 9.56. The van der Waals surface area contributed by atoms with Crippen LogP contribution in [0.5, 0.6) is 0 Å². The summed E-state index contributed by atoms with van der Waals surface area (Å²) in [5, 5.41) is 0. The third-order valence-electron chi connectivity index (χ3n) is 7.15. The molecule has 3 atom stereocenters. The van der Waals surface area contributed by atoms with E-state index < -0.39 is 0 Å². The predicted molar refractivity (Wildman–Crippen MR) is 99.3 cm³/mol. The van der Waals surface area contributed by atoms with Gasteiger partial charge in [-0.1, -0.05) is 78.6 Å². The van der Waals surface area contributed by atoms with E-state index in [2.05, 4.69) is 20.8 Å². The third kappa shape index (κ3) is 4.75. The van der Waals surface area contributed by atoms with E-state index in [0.29, 0.717) is 5.41 Å². The molecular weight excluding hydrogens is 264 g/mol. The summed E-state index contributed by atoms with van der Waals surface area (Å²) in [4.78, 5) is 0. The first-order valence-electron chi connectivity index (χ1n) is 10.6. The molecule has 0 amide bonds. The van der Waals surface area contributed by atoms with Crippen molar-refractivity contribution in [3.8, 4) is 0 Å². The largest absolute Gasteiger partial charge is 0.0654 e. The zero-order valence-corrected chi connectivity index (χ0v) is 15.9. The quantitative estimate of drug-likeness (QED) is 0.340. The molecule has 0 N–H and O–H groups in total. The summed E-state index contributed by atoms with van der Waals surface area (Å²) in [5.41, 5.74) is 1.51. The number of rotatable bonds is 11. The minimum Gasteiger partial charge on any atom is -0.0654 e. The van der Waals surface area contributed by atoms with Crippen molar-refractivity contribution < 1.29 is 0 Å². The first-order chi connectivity index (χ1) is 10.6. The molecule has 0 nitrogen and oxygen atoms in total. The lowest BCUT2D eigenvalue weighted by Crippen LogP contribution is -2.38. The smallest absolute Gasteiger partial charge is 0.0264 e. The van der Waals surface area contributed by atoms with Gasteiger partial charge in [0.1, 0.15) is 0 Å². The van der Waals surface area contributed by atoms with Crippen molar-refractivity contribution in [3.63, 3.8) is 0 Å². The molecule has 1 spiro atoms. The minimum atomic E-state index is 0.703. The maximum Gasteiger partial charge on any atom is -0.0264 e. The van der Waals surface area contributed by atoms with E-state index in [1.807, 2.05) is 0 Å². The highest BCUT2D eigenvalue weighted by Crippen LogP contribution is 2.64. The lowest BCUT2D eigenvalue weighted by molar-refractivity contribution is 0.0154. The van der Waals surface area contributed by atoms with Crippen LogP contribution in [-0.2, 0) is 0 Å². The average Bonchev–Trinajstić information content (AvgIpc) is 2.86. The fourth-order valence-electron chi connectivity index (χ4n) is 5.53. The summed E-state index contributed by atoms with van der Waals surface area (Å²) in [6.45, 7) is 7.26. The Kier molecular flexibility index (Phi) is 7.29. The highest BCUT2D eigenvalue weighted by Gasteiger charge is 2.53. The van der Waals surface area contributed by atoms with Crippen LogP contribution in [0.1, 0.15) is 124 Å². The fourth-order valence-corrected chi connectivity index (χ4v) is 5.53. The maximum atomic E-state index is 2.61. The highest BCUT2D eigenvalue weighted by atomic mass is 14.6. The van der Waals surface area contributed by atoms with Gasteiger partial charge in [0, 0.05) is 0 Å². The molecule has 2 saturated carbocycles. The van der Waals surface area contributed by atoms with Crippen molar-refractivity contribution >= 4 is 0 Å². The molecule has 2 fully saturated rings. The van der Waals surface area contributed by atoms with Crippen molar-refractivity contribution in [3.05, 3.63) is 0 Å². The summed E-state index contributed by atoms with van der Waals surface area (Å²) in [6.07, 6.45) is 24.0. The molecule has 0 heterocycles. The number of unbranched alkanes of at least 4 members (excludes halogenated alkanes) is 7. The summed E-state index contributed by atoms with van der Waals surface area (Å²) < 4.78 is 0. The van der Waals surface area contributed by atoms with E-state index >= 15 is 0 Å². The molecule has 0 saturated heterocycles. The Morgan fingerprint density at radius 2 is 1.45 bits per heavy atom.